The molecule has 0 heterocycles. The fourth-order valence-electron chi connectivity index (χ4n) is 5.40. The van der Waals surface area contributed by atoms with E-state index in [1.807, 2.05) is 39.8 Å². The molecule has 0 bridgehead atoms. The van der Waals surface area contributed by atoms with Crippen LogP contribution >= 0.6 is 0 Å². The zero-order valence-electron chi connectivity index (χ0n) is 18.9. The van der Waals surface area contributed by atoms with Gasteiger partial charge in [-0.3, -0.25) is 0 Å². The highest BCUT2D eigenvalue weighted by Gasteiger charge is 2.39. The Morgan fingerprint density at radius 1 is 0.645 bits per heavy atom. The number of hydrogen-bond donors (Lipinski definition) is 3. The van der Waals surface area contributed by atoms with Crippen molar-refractivity contribution in [1.29, 1.82) is 0 Å². The highest BCUT2D eigenvalue weighted by atomic mass is 16.3. The minimum absolute atomic E-state index is 0.153. The molecule has 0 radical (unpaired) electrons. The van der Waals surface area contributed by atoms with Crippen LogP contribution in [0.3, 0.4) is 0 Å². The number of aryl methyl sites for hydroxylation is 4. The molecule has 3 aromatic carbocycles. The maximum absolute atomic E-state index is 10.4. The summed E-state index contributed by atoms with van der Waals surface area (Å²) in [5.41, 5.74) is 7.24. The molecule has 31 heavy (non-hydrogen) atoms. The molecule has 0 aliphatic heterocycles. The minimum atomic E-state index is -0.153. The SMILES string of the molecule is Cc1cc(C2(c3cc(C)c(O)c(C)c3)CCC(c3ccc(O)cc3)CC2)cc(C)c1O. The van der Waals surface area contributed by atoms with Gasteiger partial charge in [0, 0.05) is 5.41 Å². The second kappa shape index (κ2) is 7.96. The Kier molecular flexibility index (Phi) is 5.47. The van der Waals surface area contributed by atoms with Crippen molar-refractivity contribution < 1.29 is 15.3 Å². The molecule has 3 heteroatoms. The summed E-state index contributed by atoms with van der Waals surface area (Å²) in [4.78, 5) is 0. The van der Waals surface area contributed by atoms with Crippen molar-refractivity contribution in [3.8, 4) is 17.2 Å². The summed E-state index contributed by atoms with van der Waals surface area (Å²) in [5.74, 6) is 1.51. The average Bonchev–Trinajstić information content (AvgIpc) is 2.75. The fourth-order valence-corrected chi connectivity index (χ4v) is 5.40. The first-order valence-corrected chi connectivity index (χ1v) is 11.1. The zero-order chi connectivity index (χ0) is 22.3. The summed E-state index contributed by atoms with van der Waals surface area (Å²) in [5, 5.41) is 30.4. The second-order valence-corrected chi connectivity index (χ2v) is 9.37. The molecule has 0 amide bonds. The van der Waals surface area contributed by atoms with Gasteiger partial charge in [-0.15, -0.1) is 0 Å². The molecule has 1 fully saturated rings. The first kappa shape index (κ1) is 21.3. The lowest BCUT2D eigenvalue weighted by atomic mass is 9.61. The summed E-state index contributed by atoms with van der Waals surface area (Å²) in [6.07, 6.45) is 4.07. The van der Waals surface area contributed by atoms with Crippen LogP contribution in [0, 0.1) is 27.7 Å². The number of rotatable bonds is 3. The third kappa shape index (κ3) is 3.78. The lowest BCUT2D eigenvalue weighted by Crippen LogP contribution is -2.33. The van der Waals surface area contributed by atoms with Crippen LogP contribution in [0.15, 0.2) is 48.5 Å². The van der Waals surface area contributed by atoms with Gasteiger partial charge in [0.15, 0.2) is 0 Å². The normalized spacial score (nSPS) is 16.4. The molecule has 1 saturated carbocycles. The number of benzene rings is 3. The maximum atomic E-state index is 10.4. The monoisotopic (exact) mass is 416 g/mol. The van der Waals surface area contributed by atoms with E-state index in [9.17, 15) is 15.3 Å². The minimum Gasteiger partial charge on any atom is -0.508 e. The van der Waals surface area contributed by atoms with E-state index in [4.69, 9.17) is 0 Å². The van der Waals surface area contributed by atoms with Crippen molar-refractivity contribution >= 4 is 0 Å². The van der Waals surface area contributed by atoms with E-state index in [0.717, 1.165) is 47.9 Å². The van der Waals surface area contributed by atoms with Crippen LogP contribution in [-0.4, -0.2) is 15.3 Å². The summed E-state index contributed by atoms with van der Waals surface area (Å²) in [6, 6.07) is 16.2. The van der Waals surface area contributed by atoms with Crippen molar-refractivity contribution in [3.05, 3.63) is 87.5 Å². The first-order valence-electron chi connectivity index (χ1n) is 11.1. The molecule has 3 N–H and O–H groups in total. The summed E-state index contributed by atoms with van der Waals surface area (Å²) >= 11 is 0. The number of aromatic hydroxyl groups is 3. The molecule has 0 atom stereocenters. The van der Waals surface area contributed by atoms with Gasteiger partial charge in [0.2, 0.25) is 0 Å². The van der Waals surface area contributed by atoms with Gasteiger partial charge in [0.1, 0.15) is 17.2 Å². The molecule has 1 aliphatic carbocycles. The predicted molar refractivity (Wildman–Crippen MR) is 125 cm³/mol. The predicted octanol–water partition coefficient (Wildman–Crippen LogP) is 6.68. The molecular weight excluding hydrogens is 384 g/mol. The van der Waals surface area contributed by atoms with Gasteiger partial charge in [0.05, 0.1) is 0 Å². The highest BCUT2D eigenvalue weighted by molar-refractivity contribution is 5.52. The lowest BCUT2D eigenvalue weighted by molar-refractivity contribution is 0.313. The van der Waals surface area contributed by atoms with Crippen molar-refractivity contribution in [2.45, 2.75) is 64.7 Å². The van der Waals surface area contributed by atoms with Crippen LogP contribution < -0.4 is 0 Å². The smallest absolute Gasteiger partial charge is 0.121 e. The van der Waals surface area contributed by atoms with Gasteiger partial charge in [-0.2, -0.15) is 0 Å². The molecule has 162 valence electrons. The average molecular weight is 417 g/mol. The van der Waals surface area contributed by atoms with Gasteiger partial charge in [-0.25, -0.2) is 0 Å². The van der Waals surface area contributed by atoms with Crippen LogP contribution in [0.5, 0.6) is 17.2 Å². The van der Waals surface area contributed by atoms with Gasteiger partial charge < -0.3 is 15.3 Å². The van der Waals surface area contributed by atoms with E-state index in [0.29, 0.717) is 23.2 Å². The van der Waals surface area contributed by atoms with Crippen molar-refractivity contribution in [1.82, 2.24) is 0 Å². The largest absolute Gasteiger partial charge is 0.508 e. The Hall–Kier alpha value is -2.94. The maximum Gasteiger partial charge on any atom is 0.121 e. The Labute approximate surface area is 185 Å². The highest BCUT2D eigenvalue weighted by Crippen LogP contribution is 2.50. The van der Waals surface area contributed by atoms with E-state index in [1.54, 1.807) is 12.1 Å². The Bertz CT molecular complexity index is 998. The molecule has 0 aromatic heterocycles. The lowest BCUT2D eigenvalue weighted by Gasteiger charge is -2.42. The van der Waals surface area contributed by atoms with E-state index in [-0.39, 0.29) is 5.41 Å². The Morgan fingerprint density at radius 2 is 1.03 bits per heavy atom. The molecule has 3 nitrogen and oxygen atoms in total. The van der Waals surface area contributed by atoms with Crippen molar-refractivity contribution in [2.75, 3.05) is 0 Å². The Morgan fingerprint density at radius 3 is 1.42 bits per heavy atom. The fraction of sp³-hybridized carbons (Fsp3) is 0.357. The summed E-state index contributed by atoms with van der Waals surface area (Å²) < 4.78 is 0. The third-order valence-electron chi connectivity index (χ3n) is 7.29. The van der Waals surface area contributed by atoms with Crippen LogP contribution in [0.1, 0.15) is 70.5 Å². The van der Waals surface area contributed by atoms with E-state index >= 15 is 0 Å². The molecule has 4 rings (SSSR count). The van der Waals surface area contributed by atoms with Crippen molar-refractivity contribution in [3.63, 3.8) is 0 Å². The zero-order valence-corrected chi connectivity index (χ0v) is 18.9. The summed E-state index contributed by atoms with van der Waals surface area (Å²) in [7, 11) is 0. The van der Waals surface area contributed by atoms with Crippen molar-refractivity contribution in [2.24, 2.45) is 0 Å². The molecular formula is C28H32O3. The second-order valence-electron chi connectivity index (χ2n) is 9.37. The number of hydrogen-bond acceptors (Lipinski definition) is 3. The van der Waals surface area contributed by atoms with Crippen LogP contribution in [0.2, 0.25) is 0 Å². The third-order valence-corrected chi connectivity index (χ3v) is 7.29. The first-order chi connectivity index (χ1) is 14.7. The van der Waals surface area contributed by atoms with Crippen LogP contribution in [0.25, 0.3) is 0 Å². The van der Waals surface area contributed by atoms with Gasteiger partial charge in [-0.1, -0.05) is 36.4 Å². The van der Waals surface area contributed by atoms with Gasteiger partial charge in [-0.05, 0) is 110 Å². The van der Waals surface area contributed by atoms with Crippen LogP contribution in [-0.2, 0) is 5.41 Å². The molecule has 3 aromatic rings. The van der Waals surface area contributed by atoms with E-state index in [1.165, 1.54) is 16.7 Å². The Balaban J connectivity index is 1.79. The van der Waals surface area contributed by atoms with Crippen LogP contribution in [0.4, 0.5) is 0 Å². The van der Waals surface area contributed by atoms with Gasteiger partial charge in [0.25, 0.3) is 0 Å². The number of phenolic OH excluding ortho intramolecular Hbond substituents is 3. The standard InChI is InChI=1S/C28H32O3/c1-17-13-23(14-18(2)26(17)30)28(24-15-19(3)27(31)20(4)16-24)11-9-22(10-12-28)21-5-7-25(29)8-6-21/h5-8,13-16,22,29-31H,9-12H2,1-4H3. The quantitative estimate of drug-likeness (QED) is 0.446. The number of phenols is 3. The van der Waals surface area contributed by atoms with E-state index in [2.05, 4.69) is 24.3 Å². The van der Waals surface area contributed by atoms with Gasteiger partial charge >= 0.3 is 0 Å². The molecule has 0 spiro atoms. The molecule has 1 aliphatic rings. The molecule has 0 saturated heterocycles. The topological polar surface area (TPSA) is 60.7 Å². The summed E-state index contributed by atoms with van der Waals surface area (Å²) in [6.45, 7) is 7.87. The molecule has 0 unspecified atom stereocenters. The van der Waals surface area contributed by atoms with E-state index < -0.39 is 0 Å².